The monoisotopic (exact) mass is 305 g/mol. The molecule has 2 aromatic rings. The van der Waals surface area contributed by atoms with E-state index in [1.54, 1.807) is 18.3 Å². The second-order valence-corrected chi connectivity index (χ2v) is 5.35. The Hall–Kier alpha value is -1.87. The molecule has 2 rings (SSSR count). The number of amides is 1. The molecule has 0 spiro atoms. The maximum atomic E-state index is 11.9. The third-order valence-electron chi connectivity index (χ3n) is 2.34. The highest BCUT2D eigenvalue weighted by molar-refractivity contribution is 7.16. The molecule has 0 aliphatic heterocycles. The number of hydrogen-bond acceptors (Lipinski definition) is 4. The summed E-state index contributed by atoms with van der Waals surface area (Å²) in [4.78, 5) is 16.7. The minimum Gasteiger partial charge on any atom is -0.320 e. The Kier molecular flexibility index (Phi) is 5.13. The summed E-state index contributed by atoms with van der Waals surface area (Å²) in [5.41, 5.74) is 6.19. The third kappa shape index (κ3) is 4.35. The van der Waals surface area contributed by atoms with Crippen LogP contribution in [0.25, 0.3) is 0 Å². The van der Waals surface area contributed by atoms with Crippen LogP contribution in [-0.2, 0) is 11.2 Å². The molecule has 0 saturated carbocycles. The zero-order valence-corrected chi connectivity index (χ0v) is 12.1. The summed E-state index contributed by atoms with van der Waals surface area (Å²) in [5, 5.41) is 3.92. The third-order valence-corrected chi connectivity index (χ3v) is 3.42. The Bertz CT molecular complexity index is 655. The summed E-state index contributed by atoms with van der Waals surface area (Å²) in [5.74, 6) is 5.48. The summed E-state index contributed by atoms with van der Waals surface area (Å²) in [7, 11) is 0. The molecule has 0 aliphatic carbocycles. The standard InChI is InChI=1S/C14H12ClN3OS/c15-11-5-3-10(4-6-11)8-13(19)18-14-17-9-12(20-14)2-1-7-16/h3-6,9H,7-8,16H2,(H,17,18,19). The highest BCUT2D eigenvalue weighted by Crippen LogP contribution is 2.17. The van der Waals surface area contributed by atoms with Crippen LogP contribution in [0.1, 0.15) is 10.4 Å². The number of nitrogens with zero attached hydrogens (tertiary/aromatic N) is 1. The molecule has 0 atom stereocenters. The van der Waals surface area contributed by atoms with Gasteiger partial charge in [0.2, 0.25) is 5.91 Å². The summed E-state index contributed by atoms with van der Waals surface area (Å²) in [6.45, 7) is 0.302. The van der Waals surface area contributed by atoms with Crippen molar-refractivity contribution in [2.75, 3.05) is 11.9 Å². The number of thiazole rings is 1. The number of carbonyl (C=O) groups excluding carboxylic acids is 1. The first-order valence-electron chi connectivity index (χ1n) is 5.86. The average Bonchev–Trinajstić information content (AvgIpc) is 2.86. The van der Waals surface area contributed by atoms with E-state index in [-0.39, 0.29) is 12.3 Å². The molecular weight excluding hydrogens is 294 g/mol. The fraction of sp³-hybridized carbons (Fsp3) is 0.143. The van der Waals surface area contributed by atoms with Crippen LogP contribution in [0.4, 0.5) is 5.13 Å². The lowest BCUT2D eigenvalue weighted by molar-refractivity contribution is -0.115. The number of rotatable bonds is 3. The molecule has 0 aliphatic rings. The molecule has 6 heteroatoms. The van der Waals surface area contributed by atoms with Gasteiger partial charge in [-0.3, -0.25) is 4.79 Å². The van der Waals surface area contributed by atoms with Crippen molar-refractivity contribution in [3.8, 4) is 11.8 Å². The molecule has 3 N–H and O–H groups in total. The van der Waals surface area contributed by atoms with Gasteiger partial charge in [0, 0.05) is 5.02 Å². The molecule has 1 heterocycles. The molecule has 1 aromatic carbocycles. The van der Waals surface area contributed by atoms with E-state index in [9.17, 15) is 4.79 Å². The van der Waals surface area contributed by atoms with Gasteiger partial charge in [-0.05, 0) is 17.7 Å². The van der Waals surface area contributed by atoms with Crippen molar-refractivity contribution in [2.45, 2.75) is 6.42 Å². The first kappa shape index (κ1) is 14.5. The van der Waals surface area contributed by atoms with Crippen LogP contribution in [0.3, 0.4) is 0 Å². The zero-order chi connectivity index (χ0) is 14.4. The molecule has 1 amide bonds. The van der Waals surface area contributed by atoms with Gasteiger partial charge in [0.15, 0.2) is 5.13 Å². The second-order valence-electron chi connectivity index (χ2n) is 3.89. The maximum Gasteiger partial charge on any atom is 0.230 e. The molecular formula is C14H12ClN3OS. The predicted molar refractivity (Wildman–Crippen MR) is 81.8 cm³/mol. The maximum absolute atomic E-state index is 11.9. The Morgan fingerprint density at radius 1 is 1.40 bits per heavy atom. The van der Waals surface area contributed by atoms with Crippen molar-refractivity contribution in [3.05, 3.63) is 45.9 Å². The molecule has 0 bridgehead atoms. The lowest BCUT2D eigenvalue weighted by Gasteiger charge is -2.01. The Morgan fingerprint density at radius 2 is 2.15 bits per heavy atom. The summed E-state index contributed by atoms with van der Waals surface area (Å²) in [6.07, 6.45) is 1.89. The van der Waals surface area contributed by atoms with Crippen molar-refractivity contribution in [3.63, 3.8) is 0 Å². The number of aromatic nitrogens is 1. The molecule has 102 valence electrons. The molecule has 20 heavy (non-hydrogen) atoms. The van der Waals surface area contributed by atoms with Gasteiger partial charge in [-0.15, -0.1) is 0 Å². The second kappa shape index (κ2) is 7.06. The lowest BCUT2D eigenvalue weighted by atomic mass is 10.1. The van der Waals surface area contributed by atoms with Crippen LogP contribution < -0.4 is 11.1 Å². The van der Waals surface area contributed by atoms with E-state index in [1.165, 1.54) is 11.3 Å². The highest BCUT2D eigenvalue weighted by atomic mass is 35.5. The first-order chi connectivity index (χ1) is 9.67. The number of nitrogens with two attached hydrogens (primary N) is 1. The van der Waals surface area contributed by atoms with E-state index in [0.717, 1.165) is 10.4 Å². The number of benzene rings is 1. The number of anilines is 1. The van der Waals surface area contributed by atoms with Crippen LogP contribution in [0.2, 0.25) is 5.02 Å². The van der Waals surface area contributed by atoms with Crippen molar-refractivity contribution >= 4 is 34.0 Å². The first-order valence-corrected chi connectivity index (χ1v) is 7.06. The molecule has 1 aromatic heterocycles. The number of hydrogen-bond donors (Lipinski definition) is 2. The van der Waals surface area contributed by atoms with Crippen LogP contribution in [0, 0.1) is 11.8 Å². The minimum atomic E-state index is -0.125. The van der Waals surface area contributed by atoms with Gasteiger partial charge in [-0.25, -0.2) is 4.98 Å². The Labute approximate surface area is 126 Å². The van der Waals surface area contributed by atoms with Crippen LogP contribution in [0.5, 0.6) is 0 Å². The normalized spacial score (nSPS) is 9.70. The average molecular weight is 306 g/mol. The van der Waals surface area contributed by atoms with Gasteiger partial charge in [0.1, 0.15) is 0 Å². The van der Waals surface area contributed by atoms with Gasteiger partial charge >= 0.3 is 0 Å². The van der Waals surface area contributed by atoms with Gasteiger partial charge in [0.05, 0.1) is 24.0 Å². The van der Waals surface area contributed by atoms with E-state index in [0.29, 0.717) is 16.7 Å². The van der Waals surface area contributed by atoms with Gasteiger partial charge in [0.25, 0.3) is 0 Å². The fourth-order valence-corrected chi connectivity index (χ4v) is 2.31. The predicted octanol–water partition coefficient (Wildman–Crippen LogP) is 2.29. The molecule has 0 saturated heterocycles. The molecule has 0 radical (unpaired) electrons. The van der Waals surface area contributed by atoms with Gasteiger partial charge in [-0.2, -0.15) is 0 Å². The number of carbonyl (C=O) groups is 1. The minimum absolute atomic E-state index is 0.125. The van der Waals surface area contributed by atoms with Gasteiger partial charge < -0.3 is 11.1 Å². The van der Waals surface area contributed by atoms with E-state index in [4.69, 9.17) is 17.3 Å². The van der Waals surface area contributed by atoms with Crippen molar-refractivity contribution in [1.82, 2.24) is 4.98 Å². The smallest absolute Gasteiger partial charge is 0.230 e. The SMILES string of the molecule is NCC#Cc1cnc(NC(=O)Cc2ccc(Cl)cc2)s1. The fourth-order valence-electron chi connectivity index (χ4n) is 1.48. The highest BCUT2D eigenvalue weighted by Gasteiger charge is 2.07. The van der Waals surface area contributed by atoms with Crippen molar-refractivity contribution < 1.29 is 4.79 Å². The molecule has 0 fully saturated rings. The van der Waals surface area contributed by atoms with Crippen LogP contribution >= 0.6 is 22.9 Å². The summed E-state index contributed by atoms with van der Waals surface area (Å²) in [6, 6.07) is 7.16. The van der Waals surface area contributed by atoms with Crippen molar-refractivity contribution in [1.29, 1.82) is 0 Å². The topological polar surface area (TPSA) is 68.0 Å². The van der Waals surface area contributed by atoms with Crippen LogP contribution in [-0.4, -0.2) is 17.4 Å². The van der Waals surface area contributed by atoms with E-state index < -0.39 is 0 Å². The number of halogens is 1. The van der Waals surface area contributed by atoms with E-state index in [2.05, 4.69) is 22.1 Å². The molecule has 0 unspecified atom stereocenters. The van der Waals surface area contributed by atoms with E-state index in [1.807, 2.05) is 12.1 Å². The Balaban J connectivity index is 1.94. The zero-order valence-electron chi connectivity index (χ0n) is 10.5. The largest absolute Gasteiger partial charge is 0.320 e. The van der Waals surface area contributed by atoms with Crippen molar-refractivity contribution in [2.24, 2.45) is 5.73 Å². The Morgan fingerprint density at radius 3 is 2.85 bits per heavy atom. The lowest BCUT2D eigenvalue weighted by Crippen LogP contribution is -2.13. The van der Waals surface area contributed by atoms with Crippen LogP contribution in [0.15, 0.2) is 30.5 Å². The van der Waals surface area contributed by atoms with E-state index >= 15 is 0 Å². The summed E-state index contributed by atoms with van der Waals surface area (Å²) >= 11 is 7.11. The quantitative estimate of drug-likeness (QED) is 0.855. The number of nitrogens with one attached hydrogen (secondary N) is 1. The molecule has 4 nitrogen and oxygen atoms in total. The van der Waals surface area contributed by atoms with Gasteiger partial charge in [-0.1, -0.05) is 46.9 Å². The summed E-state index contributed by atoms with van der Waals surface area (Å²) < 4.78 is 0.